The first-order chi connectivity index (χ1) is 15.6. The van der Waals surface area contributed by atoms with Crippen molar-refractivity contribution in [2.75, 3.05) is 13.2 Å². The van der Waals surface area contributed by atoms with Gasteiger partial charge in [-0.2, -0.15) is 0 Å². The Morgan fingerprint density at radius 2 is 1.62 bits per heavy atom. The van der Waals surface area contributed by atoms with Crippen molar-refractivity contribution < 1.29 is 33.6 Å². The molecular formula is C25H30O7. The number of ether oxygens (including phenoxy) is 5. The lowest BCUT2D eigenvalue weighted by atomic mass is 9.98. The van der Waals surface area contributed by atoms with E-state index in [0.29, 0.717) is 6.61 Å². The largest absolute Gasteiger partial charge is 0.457 e. The van der Waals surface area contributed by atoms with E-state index in [-0.39, 0.29) is 19.8 Å². The minimum Gasteiger partial charge on any atom is -0.457 e. The molecule has 1 N–H and O–H groups in total. The number of hydrogen-bond donors (Lipinski definition) is 1. The summed E-state index contributed by atoms with van der Waals surface area (Å²) >= 11 is 0. The van der Waals surface area contributed by atoms with Gasteiger partial charge in [0.2, 0.25) is 0 Å². The van der Waals surface area contributed by atoms with Crippen LogP contribution in [0.1, 0.15) is 18.1 Å². The molecule has 2 aromatic carbocycles. The van der Waals surface area contributed by atoms with Gasteiger partial charge >= 0.3 is 5.97 Å². The number of carbonyl (C=O) groups is 1. The van der Waals surface area contributed by atoms with Gasteiger partial charge in [0, 0.05) is 6.92 Å². The van der Waals surface area contributed by atoms with E-state index in [2.05, 4.69) is 6.58 Å². The van der Waals surface area contributed by atoms with Crippen LogP contribution in [0.5, 0.6) is 0 Å². The van der Waals surface area contributed by atoms with E-state index < -0.39 is 36.7 Å². The van der Waals surface area contributed by atoms with Gasteiger partial charge in [0.1, 0.15) is 18.3 Å². The standard InChI is InChI=1S/C25H30O7/c1-3-14-29-25-22(27)24(30-16-20-12-8-5-9-13-20)23(31-18(2)26)21(32-25)17-28-15-19-10-6-4-7-11-19/h3-13,21-25,27H,1,14-17H2,2H3/t21-,22+,23-,24-,25+/m1/s1. The summed E-state index contributed by atoms with van der Waals surface area (Å²) in [7, 11) is 0. The highest BCUT2D eigenvalue weighted by Gasteiger charge is 2.48. The van der Waals surface area contributed by atoms with Crippen molar-refractivity contribution in [3.05, 3.63) is 84.4 Å². The van der Waals surface area contributed by atoms with Crippen LogP contribution in [0.2, 0.25) is 0 Å². The molecule has 1 aliphatic heterocycles. The molecule has 1 fully saturated rings. The number of aliphatic hydroxyl groups is 1. The van der Waals surface area contributed by atoms with Crippen LogP contribution in [0.15, 0.2) is 73.3 Å². The molecule has 0 saturated carbocycles. The zero-order valence-electron chi connectivity index (χ0n) is 18.2. The van der Waals surface area contributed by atoms with E-state index in [4.69, 9.17) is 23.7 Å². The van der Waals surface area contributed by atoms with Crippen molar-refractivity contribution >= 4 is 5.97 Å². The summed E-state index contributed by atoms with van der Waals surface area (Å²) in [5.74, 6) is -0.502. The summed E-state index contributed by atoms with van der Waals surface area (Å²) in [5, 5.41) is 10.9. The second-order valence-electron chi connectivity index (χ2n) is 7.49. The average molecular weight is 443 g/mol. The Morgan fingerprint density at radius 3 is 2.22 bits per heavy atom. The zero-order valence-corrected chi connectivity index (χ0v) is 18.2. The molecule has 32 heavy (non-hydrogen) atoms. The Labute approximate surface area is 188 Å². The van der Waals surface area contributed by atoms with Crippen LogP contribution >= 0.6 is 0 Å². The quantitative estimate of drug-likeness (QED) is 0.423. The summed E-state index contributed by atoms with van der Waals surface area (Å²) in [4.78, 5) is 11.8. The first kappa shape index (κ1) is 24.1. The SMILES string of the molecule is C=CCO[C@H]1O[C@H](COCc2ccccc2)[C@@H](OC(C)=O)[C@H](OCc2ccccc2)[C@@H]1O. The summed E-state index contributed by atoms with van der Waals surface area (Å²) in [5.41, 5.74) is 1.93. The Hall–Kier alpha value is -2.55. The van der Waals surface area contributed by atoms with Gasteiger partial charge in [-0.1, -0.05) is 66.7 Å². The first-order valence-corrected chi connectivity index (χ1v) is 10.6. The number of hydrogen-bond acceptors (Lipinski definition) is 7. The number of esters is 1. The molecule has 1 heterocycles. The molecule has 1 aliphatic rings. The van der Waals surface area contributed by atoms with Crippen LogP contribution in [0.25, 0.3) is 0 Å². The molecule has 0 unspecified atom stereocenters. The van der Waals surface area contributed by atoms with E-state index in [1.54, 1.807) is 6.08 Å². The Morgan fingerprint density at radius 1 is 1.00 bits per heavy atom. The molecule has 7 heteroatoms. The average Bonchev–Trinajstić information content (AvgIpc) is 2.80. The lowest BCUT2D eigenvalue weighted by Crippen LogP contribution is -2.61. The molecule has 2 aromatic rings. The van der Waals surface area contributed by atoms with Crippen LogP contribution < -0.4 is 0 Å². The van der Waals surface area contributed by atoms with Gasteiger partial charge in [-0.3, -0.25) is 4.79 Å². The summed E-state index contributed by atoms with van der Waals surface area (Å²) in [6.07, 6.45) is -3.02. The fourth-order valence-corrected chi connectivity index (χ4v) is 3.49. The molecule has 1 saturated heterocycles. The maximum absolute atomic E-state index is 11.8. The third-order valence-corrected chi connectivity index (χ3v) is 4.97. The van der Waals surface area contributed by atoms with Crippen LogP contribution in [0.4, 0.5) is 0 Å². The predicted molar refractivity (Wildman–Crippen MR) is 117 cm³/mol. The van der Waals surface area contributed by atoms with Crippen LogP contribution in [0.3, 0.4) is 0 Å². The summed E-state index contributed by atoms with van der Waals surface area (Å²) in [6, 6.07) is 19.2. The van der Waals surface area contributed by atoms with Crippen molar-refractivity contribution in [2.45, 2.75) is 50.8 Å². The monoisotopic (exact) mass is 442 g/mol. The Kier molecular flexibility index (Phi) is 9.40. The maximum atomic E-state index is 11.8. The normalized spacial score (nSPS) is 25.2. The van der Waals surface area contributed by atoms with Gasteiger partial charge in [-0.25, -0.2) is 0 Å². The second kappa shape index (κ2) is 12.5. The molecule has 0 radical (unpaired) electrons. The molecule has 0 bridgehead atoms. The summed E-state index contributed by atoms with van der Waals surface area (Å²) in [6.45, 7) is 5.84. The molecular weight excluding hydrogens is 412 g/mol. The number of rotatable bonds is 11. The minimum atomic E-state index is -1.17. The topological polar surface area (TPSA) is 83.5 Å². The van der Waals surface area contributed by atoms with Crippen molar-refractivity contribution in [2.24, 2.45) is 0 Å². The molecule has 0 aliphatic carbocycles. The lowest BCUT2D eigenvalue weighted by molar-refractivity contribution is -0.310. The molecule has 172 valence electrons. The zero-order chi connectivity index (χ0) is 22.8. The van der Waals surface area contributed by atoms with Gasteiger partial charge in [0.05, 0.1) is 26.4 Å². The molecule has 3 rings (SSSR count). The highest BCUT2D eigenvalue weighted by molar-refractivity contribution is 5.66. The van der Waals surface area contributed by atoms with Crippen LogP contribution in [-0.4, -0.2) is 55.0 Å². The molecule has 0 amide bonds. The van der Waals surface area contributed by atoms with E-state index in [0.717, 1.165) is 11.1 Å². The second-order valence-corrected chi connectivity index (χ2v) is 7.49. The maximum Gasteiger partial charge on any atom is 0.303 e. The van der Waals surface area contributed by atoms with Gasteiger partial charge in [-0.05, 0) is 11.1 Å². The highest BCUT2D eigenvalue weighted by Crippen LogP contribution is 2.28. The van der Waals surface area contributed by atoms with Crippen LogP contribution in [0, 0.1) is 0 Å². The number of carbonyl (C=O) groups excluding carboxylic acids is 1. The lowest BCUT2D eigenvalue weighted by Gasteiger charge is -2.43. The number of benzene rings is 2. The molecule has 5 atom stereocenters. The van der Waals surface area contributed by atoms with E-state index >= 15 is 0 Å². The minimum absolute atomic E-state index is 0.124. The van der Waals surface area contributed by atoms with Crippen LogP contribution in [-0.2, 0) is 41.7 Å². The van der Waals surface area contributed by atoms with E-state index in [1.165, 1.54) is 6.92 Å². The first-order valence-electron chi connectivity index (χ1n) is 10.6. The Bertz CT molecular complexity index is 827. The Balaban J connectivity index is 1.74. The smallest absolute Gasteiger partial charge is 0.303 e. The van der Waals surface area contributed by atoms with Gasteiger partial charge in [-0.15, -0.1) is 6.58 Å². The fraction of sp³-hybridized carbons (Fsp3) is 0.400. The summed E-state index contributed by atoms with van der Waals surface area (Å²) < 4.78 is 28.9. The van der Waals surface area contributed by atoms with Gasteiger partial charge < -0.3 is 28.8 Å². The third-order valence-electron chi connectivity index (χ3n) is 4.97. The molecule has 7 nitrogen and oxygen atoms in total. The van der Waals surface area contributed by atoms with Crippen molar-refractivity contribution in [1.29, 1.82) is 0 Å². The third kappa shape index (κ3) is 6.98. The van der Waals surface area contributed by atoms with E-state index in [1.807, 2.05) is 60.7 Å². The van der Waals surface area contributed by atoms with Crippen molar-refractivity contribution in [3.8, 4) is 0 Å². The van der Waals surface area contributed by atoms with Crippen molar-refractivity contribution in [3.63, 3.8) is 0 Å². The highest BCUT2D eigenvalue weighted by atomic mass is 16.7. The molecule has 0 spiro atoms. The van der Waals surface area contributed by atoms with Gasteiger partial charge in [0.25, 0.3) is 0 Å². The molecule has 0 aromatic heterocycles. The van der Waals surface area contributed by atoms with Crippen molar-refractivity contribution in [1.82, 2.24) is 0 Å². The van der Waals surface area contributed by atoms with Gasteiger partial charge in [0.15, 0.2) is 12.4 Å². The predicted octanol–water partition coefficient (Wildman–Crippen LogP) is 3.01. The number of aliphatic hydroxyl groups excluding tert-OH is 1. The van der Waals surface area contributed by atoms with E-state index in [9.17, 15) is 9.90 Å². The fourth-order valence-electron chi connectivity index (χ4n) is 3.49.